The van der Waals surface area contributed by atoms with E-state index in [4.69, 9.17) is 0 Å². The van der Waals surface area contributed by atoms with Gasteiger partial charge in [0.15, 0.2) is 0 Å². The fourth-order valence-corrected chi connectivity index (χ4v) is 3.78. The Morgan fingerprint density at radius 3 is 2.73 bits per heavy atom. The number of aromatic amines is 2. The van der Waals surface area contributed by atoms with E-state index in [1.54, 1.807) is 6.92 Å². The molecule has 2 aromatic heterocycles. The molecule has 0 unspecified atom stereocenters. The lowest BCUT2D eigenvalue weighted by Crippen LogP contribution is -2.32. The maximum atomic E-state index is 12.8. The summed E-state index contributed by atoms with van der Waals surface area (Å²) in [6.45, 7) is 3.74. The highest BCUT2D eigenvalue weighted by Gasteiger charge is 2.20. The summed E-state index contributed by atoms with van der Waals surface area (Å²) in [6, 6.07) is 17.0. The number of aromatic nitrogens is 3. The van der Waals surface area contributed by atoms with E-state index in [1.165, 1.54) is 6.07 Å². The number of nitrogens with zero attached hydrogens (tertiary/aromatic N) is 1. The molecule has 0 fully saturated rings. The summed E-state index contributed by atoms with van der Waals surface area (Å²) in [5, 5.41) is 4.19. The average Bonchev–Trinajstić information content (AvgIpc) is 3.10. The van der Waals surface area contributed by atoms with Crippen LogP contribution in [-0.2, 0) is 17.6 Å². The van der Waals surface area contributed by atoms with Gasteiger partial charge in [-0.25, -0.2) is 4.98 Å². The normalized spacial score (nSPS) is 12.1. The minimum absolute atomic E-state index is 0.106. The van der Waals surface area contributed by atoms with Crippen molar-refractivity contribution >= 4 is 16.8 Å². The molecule has 0 saturated carbocycles. The lowest BCUT2D eigenvalue weighted by Gasteiger charge is -2.19. The quantitative estimate of drug-likeness (QED) is 0.463. The van der Waals surface area contributed by atoms with Gasteiger partial charge in [-0.3, -0.25) is 9.59 Å². The molecule has 1 atom stereocenters. The molecule has 2 aromatic carbocycles. The second kappa shape index (κ2) is 8.37. The molecule has 0 aliphatic rings. The van der Waals surface area contributed by atoms with Gasteiger partial charge < -0.3 is 15.3 Å². The highest BCUT2D eigenvalue weighted by molar-refractivity contribution is 5.83. The van der Waals surface area contributed by atoms with Crippen molar-refractivity contribution in [2.24, 2.45) is 0 Å². The first-order valence-electron chi connectivity index (χ1n) is 9.96. The summed E-state index contributed by atoms with van der Waals surface area (Å²) in [4.78, 5) is 35.3. The van der Waals surface area contributed by atoms with Crippen LogP contribution in [0.3, 0.4) is 0 Å². The number of carbonyl (C=O) groups is 1. The van der Waals surface area contributed by atoms with Gasteiger partial charge in [-0.05, 0) is 31.0 Å². The van der Waals surface area contributed by atoms with Crippen LogP contribution in [0.4, 0.5) is 0 Å². The maximum Gasteiger partial charge on any atom is 0.251 e. The molecule has 4 aromatic rings. The van der Waals surface area contributed by atoms with E-state index in [0.29, 0.717) is 17.9 Å². The third-order valence-corrected chi connectivity index (χ3v) is 5.12. The molecule has 3 N–H and O–H groups in total. The monoisotopic (exact) mass is 400 g/mol. The van der Waals surface area contributed by atoms with E-state index in [2.05, 4.69) is 20.3 Å². The van der Waals surface area contributed by atoms with Crippen LogP contribution in [0.1, 0.15) is 34.3 Å². The average molecular weight is 400 g/mol. The van der Waals surface area contributed by atoms with Crippen LogP contribution in [0.15, 0.2) is 65.6 Å². The fraction of sp³-hybridized carbons (Fsp3) is 0.208. The van der Waals surface area contributed by atoms with E-state index < -0.39 is 6.04 Å². The van der Waals surface area contributed by atoms with Crippen molar-refractivity contribution in [1.82, 2.24) is 20.3 Å². The van der Waals surface area contributed by atoms with E-state index >= 15 is 0 Å². The molecule has 2 heterocycles. The van der Waals surface area contributed by atoms with Gasteiger partial charge in [0.1, 0.15) is 5.82 Å². The summed E-state index contributed by atoms with van der Waals surface area (Å²) < 4.78 is 0. The van der Waals surface area contributed by atoms with Crippen molar-refractivity contribution in [3.8, 4) is 0 Å². The first-order chi connectivity index (χ1) is 14.5. The number of benzene rings is 2. The summed E-state index contributed by atoms with van der Waals surface area (Å²) >= 11 is 0. The number of H-pyrrole nitrogens is 2. The van der Waals surface area contributed by atoms with Crippen LogP contribution in [0.5, 0.6) is 0 Å². The van der Waals surface area contributed by atoms with E-state index in [-0.39, 0.29) is 17.9 Å². The van der Waals surface area contributed by atoms with Gasteiger partial charge in [-0.15, -0.1) is 0 Å². The third-order valence-electron chi connectivity index (χ3n) is 5.12. The summed E-state index contributed by atoms with van der Waals surface area (Å²) in [5.74, 6) is 0.416. The zero-order valence-electron chi connectivity index (χ0n) is 17.0. The first kappa shape index (κ1) is 19.6. The SMILES string of the molecule is Cc1cccc(CC(=O)N[C@H](Cc2c[nH]c3ccccc23)c2cc(=O)[nH]c(C)n2)c1. The number of hydrogen-bond donors (Lipinski definition) is 3. The van der Waals surface area contributed by atoms with Crippen LogP contribution in [0.2, 0.25) is 0 Å². The minimum atomic E-state index is -0.414. The lowest BCUT2D eigenvalue weighted by atomic mass is 10.0. The highest BCUT2D eigenvalue weighted by Crippen LogP contribution is 2.23. The standard InChI is InChI=1S/C24H24N4O2/c1-15-6-5-7-17(10-15)11-23(29)28-21(22-13-24(30)27-16(2)26-22)12-18-14-25-20-9-4-3-8-19(18)20/h3-10,13-14,21,25H,11-12H2,1-2H3,(H,28,29)(H,26,27,30)/t21-/m1/s1. The van der Waals surface area contributed by atoms with Crippen LogP contribution in [-0.4, -0.2) is 20.9 Å². The fourth-order valence-electron chi connectivity index (χ4n) is 3.78. The number of nitrogens with one attached hydrogen (secondary N) is 3. The van der Waals surface area contributed by atoms with Crippen LogP contribution >= 0.6 is 0 Å². The van der Waals surface area contributed by atoms with Crippen molar-refractivity contribution in [3.63, 3.8) is 0 Å². The summed E-state index contributed by atoms with van der Waals surface area (Å²) in [7, 11) is 0. The van der Waals surface area contributed by atoms with Gasteiger partial charge in [-0.1, -0.05) is 48.0 Å². The number of para-hydroxylation sites is 1. The molecule has 152 valence electrons. The van der Waals surface area contributed by atoms with E-state index in [1.807, 2.05) is 61.7 Å². The van der Waals surface area contributed by atoms with Gasteiger partial charge in [0, 0.05) is 29.6 Å². The smallest absolute Gasteiger partial charge is 0.251 e. The number of rotatable bonds is 6. The van der Waals surface area contributed by atoms with E-state index in [0.717, 1.165) is 27.6 Å². The number of aryl methyl sites for hydroxylation is 2. The zero-order valence-corrected chi connectivity index (χ0v) is 17.0. The van der Waals surface area contributed by atoms with Gasteiger partial charge in [-0.2, -0.15) is 0 Å². The molecule has 6 nitrogen and oxygen atoms in total. The van der Waals surface area contributed by atoms with Crippen molar-refractivity contribution in [2.45, 2.75) is 32.7 Å². The number of hydrogen-bond acceptors (Lipinski definition) is 3. The van der Waals surface area contributed by atoms with Crippen LogP contribution < -0.4 is 10.9 Å². The molecule has 0 aliphatic heterocycles. The maximum absolute atomic E-state index is 12.8. The predicted molar refractivity (Wildman–Crippen MR) is 117 cm³/mol. The van der Waals surface area contributed by atoms with Crippen molar-refractivity contribution in [1.29, 1.82) is 0 Å². The third kappa shape index (κ3) is 4.49. The predicted octanol–water partition coefficient (Wildman–Crippen LogP) is 3.51. The van der Waals surface area contributed by atoms with Gasteiger partial charge in [0.05, 0.1) is 18.2 Å². The number of amides is 1. The van der Waals surface area contributed by atoms with E-state index in [9.17, 15) is 9.59 Å². The Hall–Kier alpha value is -3.67. The topological polar surface area (TPSA) is 90.6 Å². The molecular formula is C24H24N4O2. The zero-order chi connectivity index (χ0) is 21.1. The van der Waals surface area contributed by atoms with Crippen LogP contribution in [0.25, 0.3) is 10.9 Å². The van der Waals surface area contributed by atoms with Gasteiger partial charge in [0.2, 0.25) is 5.91 Å². The Kier molecular flexibility index (Phi) is 5.48. The minimum Gasteiger partial charge on any atom is -0.361 e. The second-order valence-corrected chi connectivity index (χ2v) is 7.61. The summed E-state index contributed by atoms with van der Waals surface area (Å²) in [5.41, 5.74) is 4.49. The second-order valence-electron chi connectivity index (χ2n) is 7.61. The van der Waals surface area contributed by atoms with Crippen molar-refractivity contribution in [2.75, 3.05) is 0 Å². The Morgan fingerprint density at radius 1 is 1.10 bits per heavy atom. The largest absolute Gasteiger partial charge is 0.361 e. The van der Waals surface area contributed by atoms with Crippen LogP contribution in [0, 0.1) is 13.8 Å². The molecule has 0 bridgehead atoms. The number of carbonyl (C=O) groups excluding carboxylic acids is 1. The van der Waals surface area contributed by atoms with Crippen molar-refractivity contribution < 1.29 is 4.79 Å². The Labute approximate surface area is 174 Å². The number of fused-ring (bicyclic) bond motifs is 1. The molecule has 30 heavy (non-hydrogen) atoms. The molecule has 6 heteroatoms. The molecule has 0 radical (unpaired) electrons. The molecule has 0 spiro atoms. The van der Waals surface area contributed by atoms with Gasteiger partial charge >= 0.3 is 0 Å². The van der Waals surface area contributed by atoms with Crippen molar-refractivity contribution in [3.05, 3.63) is 99.4 Å². The Bertz CT molecular complexity index is 1260. The highest BCUT2D eigenvalue weighted by atomic mass is 16.1. The Balaban J connectivity index is 1.63. The molecular weight excluding hydrogens is 376 g/mol. The first-order valence-corrected chi connectivity index (χ1v) is 9.96. The molecule has 1 amide bonds. The molecule has 4 rings (SSSR count). The van der Waals surface area contributed by atoms with Gasteiger partial charge in [0.25, 0.3) is 5.56 Å². The Morgan fingerprint density at radius 2 is 1.93 bits per heavy atom. The molecule has 0 aliphatic carbocycles. The molecule has 0 saturated heterocycles. The summed E-state index contributed by atoms with van der Waals surface area (Å²) in [6.07, 6.45) is 2.75. The lowest BCUT2D eigenvalue weighted by molar-refractivity contribution is -0.121.